The van der Waals surface area contributed by atoms with Crippen LogP contribution in [-0.4, -0.2) is 34.4 Å². The molecule has 0 spiro atoms. The van der Waals surface area contributed by atoms with Crippen molar-refractivity contribution in [3.05, 3.63) is 63.9 Å². The van der Waals surface area contributed by atoms with Gasteiger partial charge >= 0.3 is 0 Å². The molecule has 1 saturated heterocycles. The number of anilines is 1. The van der Waals surface area contributed by atoms with Gasteiger partial charge in [-0.25, -0.2) is 9.37 Å². The number of pyridine rings is 1. The summed E-state index contributed by atoms with van der Waals surface area (Å²) in [5.74, 6) is 0.154. The third-order valence-electron chi connectivity index (χ3n) is 5.10. The van der Waals surface area contributed by atoms with Gasteiger partial charge in [-0.1, -0.05) is 29.3 Å². The molecule has 2 heterocycles. The minimum atomic E-state index is -0.451. The Morgan fingerprint density at radius 2 is 1.93 bits per heavy atom. The lowest BCUT2D eigenvalue weighted by Gasteiger charge is -2.20. The van der Waals surface area contributed by atoms with E-state index in [4.69, 9.17) is 23.2 Å². The molecule has 0 bridgehead atoms. The molecule has 1 aliphatic rings. The molecular formula is C22H19Cl2FN2O2. The number of phenols is 1. The summed E-state index contributed by atoms with van der Waals surface area (Å²) >= 11 is 12.6. The molecule has 4 rings (SSSR count). The predicted octanol–water partition coefficient (Wildman–Crippen LogP) is 5.45. The number of nitrogens with zero attached hydrogens (tertiary/aromatic N) is 2. The second kappa shape index (κ2) is 7.82. The zero-order valence-corrected chi connectivity index (χ0v) is 17.2. The fraction of sp³-hybridized carbons (Fsp3) is 0.227. The third kappa shape index (κ3) is 3.90. The van der Waals surface area contributed by atoms with E-state index in [1.807, 2.05) is 4.90 Å². The van der Waals surface area contributed by atoms with Crippen molar-refractivity contribution >= 4 is 29.0 Å². The molecule has 1 aromatic heterocycles. The van der Waals surface area contributed by atoms with Crippen molar-refractivity contribution in [2.75, 3.05) is 18.0 Å². The Balaban J connectivity index is 1.93. The van der Waals surface area contributed by atoms with Crippen LogP contribution in [0.2, 0.25) is 10.0 Å². The molecule has 7 heteroatoms. The maximum Gasteiger partial charge on any atom is 0.132 e. The molecule has 2 N–H and O–H groups in total. The van der Waals surface area contributed by atoms with Gasteiger partial charge < -0.3 is 15.1 Å². The molecule has 0 radical (unpaired) electrons. The maximum atomic E-state index is 14.6. The Bertz CT molecular complexity index is 1070. The molecule has 1 unspecified atom stereocenters. The molecule has 3 aromatic rings. The van der Waals surface area contributed by atoms with Gasteiger partial charge in [0.15, 0.2) is 0 Å². The first-order valence-corrected chi connectivity index (χ1v) is 9.98. The number of aromatic hydroxyl groups is 1. The van der Waals surface area contributed by atoms with Crippen molar-refractivity contribution in [2.45, 2.75) is 19.4 Å². The first kappa shape index (κ1) is 20.0. The molecule has 150 valence electrons. The Kier molecular flexibility index (Phi) is 5.38. The van der Waals surface area contributed by atoms with Crippen molar-refractivity contribution in [3.63, 3.8) is 0 Å². The van der Waals surface area contributed by atoms with Gasteiger partial charge in [0.2, 0.25) is 0 Å². The molecule has 1 atom stereocenters. The van der Waals surface area contributed by atoms with Crippen LogP contribution >= 0.6 is 23.2 Å². The van der Waals surface area contributed by atoms with Gasteiger partial charge in [-0.15, -0.1) is 0 Å². The largest absolute Gasteiger partial charge is 0.507 e. The van der Waals surface area contributed by atoms with Crippen LogP contribution < -0.4 is 4.90 Å². The average molecular weight is 433 g/mol. The molecule has 29 heavy (non-hydrogen) atoms. The second-order valence-electron chi connectivity index (χ2n) is 7.20. The van der Waals surface area contributed by atoms with Crippen molar-refractivity contribution in [1.82, 2.24) is 4.98 Å². The summed E-state index contributed by atoms with van der Waals surface area (Å²) in [5, 5.41) is 21.2. The molecule has 1 fully saturated rings. The monoisotopic (exact) mass is 432 g/mol. The quantitative estimate of drug-likeness (QED) is 0.577. The van der Waals surface area contributed by atoms with Gasteiger partial charge in [-0.05, 0) is 60.9 Å². The van der Waals surface area contributed by atoms with E-state index in [9.17, 15) is 14.6 Å². The predicted molar refractivity (Wildman–Crippen MR) is 114 cm³/mol. The molecule has 4 nitrogen and oxygen atoms in total. The number of rotatable bonds is 3. The minimum absolute atomic E-state index is 0.0311. The highest BCUT2D eigenvalue weighted by molar-refractivity contribution is 6.33. The number of β-amino-alcohol motifs (C(OH)–C–C–N with tert-alkyl or cyclic N) is 1. The van der Waals surface area contributed by atoms with Crippen LogP contribution in [0.5, 0.6) is 5.75 Å². The van der Waals surface area contributed by atoms with Gasteiger partial charge in [-0.3, -0.25) is 0 Å². The fourth-order valence-corrected chi connectivity index (χ4v) is 3.99. The minimum Gasteiger partial charge on any atom is -0.507 e. The van der Waals surface area contributed by atoms with E-state index in [0.29, 0.717) is 47.2 Å². The number of hydrogen-bond donors (Lipinski definition) is 2. The summed E-state index contributed by atoms with van der Waals surface area (Å²) in [5.41, 5.74) is 2.42. The number of benzene rings is 2. The van der Waals surface area contributed by atoms with Crippen LogP contribution in [0.4, 0.5) is 10.2 Å². The number of phenolic OH excluding ortho intramolecular Hbond substituents is 1. The average Bonchev–Trinajstić information content (AvgIpc) is 3.11. The van der Waals surface area contributed by atoms with Crippen molar-refractivity contribution in [1.29, 1.82) is 0 Å². The number of aliphatic hydroxyl groups excluding tert-OH is 1. The summed E-state index contributed by atoms with van der Waals surface area (Å²) in [6.45, 7) is 2.86. The van der Waals surface area contributed by atoms with Crippen LogP contribution in [0.1, 0.15) is 12.0 Å². The smallest absolute Gasteiger partial charge is 0.132 e. The molecule has 0 aliphatic carbocycles. The highest BCUT2D eigenvalue weighted by Gasteiger charge is 2.24. The first-order chi connectivity index (χ1) is 13.8. The highest BCUT2D eigenvalue weighted by Crippen LogP contribution is 2.39. The topological polar surface area (TPSA) is 56.6 Å². The normalized spacial score (nSPS) is 16.4. The van der Waals surface area contributed by atoms with Gasteiger partial charge in [-0.2, -0.15) is 0 Å². The summed E-state index contributed by atoms with van der Waals surface area (Å²) in [6, 6.07) is 11.2. The lowest BCUT2D eigenvalue weighted by atomic mass is 10.0. The number of aryl methyl sites for hydroxylation is 1. The van der Waals surface area contributed by atoms with Crippen LogP contribution in [0, 0.1) is 12.7 Å². The van der Waals surface area contributed by atoms with Crippen molar-refractivity contribution < 1.29 is 14.6 Å². The maximum absolute atomic E-state index is 14.6. The summed E-state index contributed by atoms with van der Waals surface area (Å²) < 4.78 is 14.6. The third-order valence-corrected chi connectivity index (χ3v) is 5.83. The Morgan fingerprint density at radius 1 is 1.14 bits per heavy atom. The molecule has 0 amide bonds. The number of aliphatic hydroxyl groups is 1. The van der Waals surface area contributed by atoms with Crippen molar-refractivity contribution in [2.24, 2.45) is 0 Å². The summed E-state index contributed by atoms with van der Waals surface area (Å²) in [4.78, 5) is 6.60. The summed E-state index contributed by atoms with van der Waals surface area (Å²) in [6.07, 6.45) is 0.187. The number of aromatic nitrogens is 1. The highest BCUT2D eigenvalue weighted by atomic mass is 35.5. The molecular weight excluding hydrogens is 414 g/mol. The van der Waals surface area contributed by atoms with Crippen LogP contribution in [-0.2, 0) is 0 Å². The van der Waals surface area contributed by atoms with Gasteiger partial charge in [0, 0.05) is 29.2 Å². The van der Waals surface area contributed by atoms with Gasteiger partial charge in [0.1, 0.15) is 17.4 Å². The Hall–Kier alpha value is -2.34. The zero-order chi connectivity index (χ0) is 20.7. The molecule has 0 saturated carbocycles. The first-order valence-electron chi connectivity index (χ1n) is 9.22. The number of halogens is 3. The SMILES string of the molecule is Cc1cc(O)c(-c2cc(-c3c(F)cccc3Cl)cc(N3CCC(O)C3)n2)cc1Cl. The summed E-state index contributed by atoms with van der Waals surface area (Å²) in [7, 11) is 0. The fourth-order valence-electron chi connectivity index (χ4n) is 3.56. The van der Waals surface area contributed by atoms with E-state index in [2.05, 4.69) is 4.98 Å². The van der Waals surface area contributed by atoms with Crippen LogP contribution in [0.3, 0.4) is 0 Å². The second-order valence-corrected chi connectivity index (χ2v) is 8.02. The lowest BCUT2D eigenvalue weighted by molar-refractivity contribution is 0.198. The van der Waals surface area contributed by atoms with Gasteiger partial charge in [0.05, 0.1) is 16.8 Å². The van der Waals surface area contributed by atoms with Crippen LogP contribution in [0.15, 0.2) is 42.5 Å². The molecule has 1 aliphatic heterocycles. The molecule has 2 aromatic carbocycles. The van der Waals surface area contributed by atoms with E-state index >= 15 is 0 Å². The van der Waals surface area contributed by atoms with E-state index in [-0.39, 0.29) is 16.3 Å². The standard InChI is InChI=1S/C22H19Cl2FN2O2/c1-12-7-20(29)15(10-17(12)24)19-8-13(22-16(23)3-2-4-18(22)25)9-21(26-19)27-6-5-14(28)11-27/h2-4,7-10,14,28-29H,5-6,11H2,1H3. The van der Waals surface area contributed by atoms with Gasteiger partial charge in [0.25, 0.3) is 0 Å². The van der Waals surface area contributed by atoms with E-state index in [1.54, 1.807) is 43.3 Å². The number of hydrogen-bond acceptors (Lipinski definition) is 4. The Labute approximate surface area is 178 Å². The van der Waals surface area contributed by atoms with E-state index in [0.717, 1.165) is 5.56 Å². The van der Waals surface area contributed by atoms with Crippen molar-refractivity contribution in [3.8, 4) is 28.1 Å². The zero-order valence-electron chi connectivity index (χ0n) is 15.7. The lowest BCUT2D eigenvalue weighted by Crippen LogP contribution is -2.22. The Morgan fingerprint density at radius 3 is 2.62 bits per heavy atom. The van der Waals surface area contributed by atoms with E-state index in [1.165, 1.54) is 6.07 Å². The van der Waals surface area contributed by atoms with E-state index < -0.39 is 11.9 Å². The van der Waals surface area contributed by atoms with Crippen LogP contribution in [0.25, 0.3) is 22.4 Å².